The van der Waals surface area contributed by atoms with Crippen molar-refractivity contribution in [2.75, 3.05) is 0 Å². The van der Waals surface area contributed by atoms with Gasteiger partial charge in [0.15, 0.2) is 5.65 Å². The van der Waals surface area contributed by atoms with Crippen molar-refractivity contribution in [1.29, 1.82) is 0 Å². The molecule has 0 fully saturated rings. The quantitative estimate of drug-likeness (QED) is 0.683. The molecule has 106 valence electrons. The zero-order valence-corrected chi connectivity index (χ0v) is 12.2. The van der Waals surface area contributed by atoms with Gasteiger partial charge in [0.2, 0.25) is 0 Å². The topological polar surface area (TPSA) is 69.4 Å². The van der Waals surface area contributed by atoms with Gasteiger partial charge >= 0.3 is 0 Å². The van der Waals surface area contributed by atoms with Gasteiger partial charge in [-0.2, -0.15) is 0 Å². The van der Waals surface area contributed by atoms with Crippen LogP contribution in [-0.2, 0) is 13.0 Å². The molecule has 0 atom stereocenters. The summed E-state index contributed by atoms with van der Waals surface area (Å²) in [5, 5.41) is 0. The fraction of sp³-hybridized carbons (Fsp3) is 0.400. The van der Waals surface area contributed by atoms with Crippen molar-refractivity contribution in [3.8, 4) is 11.4 Å². The van der Waals surface area contributed by atoms with Crippen molar-refractivity contribution in [2.45, 2.75) is 39.7 Å². The molecular weight excluding hydrogens is 264 g/mol. The van der Waals surface area contributed by atoms with E-state index in [4.69, 9.17) is 4.98 Å². The molecule has 0 spiro atoms. The average Bonchev–Trinajstić information content (AvgIpc) is 2.91. The maximum Gasteiger partial charge on any atom is 0.182 e. The summed E-state index contributed by atoms with van der Waals surface area (Å²) in [6.45, 7) is 4.94. The van der Waals surface area contributed by atoms with Crippen molar-refractivity contribution in [3.63, 3.8) is 0 Å². The van der Waals surface area contributed by atoms with Gasteiger partial charge in [-0.3, -0.25) is 0 Å². The molecule has 0 aliphatic carbocycles. The third-order valence-corrected chi connectivity index (χ3v) is 4.03. The summed E-state index contributed by atoms with van der Waals surface area (Å²) >= 11 is 0. The summed E-state index contributed by atoms with van der Waals surface area (Å²) in [5.41, 5.74) is 4.82. The monoisotopic (exact) mass is 280 g/mol. The van der Waals surface area contributed by atoms with Crippen LogP contribution in [0.5, 0.6) is 0 Å². The normalized spacial score (nSPS) is 14.4. The van der Waals surface area contributed by atoms with E-state index in [0.717, 1.165) is 47.1 Å². The Morgan fingerprint density at radius 1 is 1.00 bits per heavy atom. The van der Waals surface area contributed by atoms with Crippen molar-refractivity contribution in [1.82, 2.24) is 29.5 Å². The molecule has 1 aliphatic heterocycles. The maximum atomic E-state index is 4.73. The van der Waals surface area contributed by atoms with Crippen LogP contribution in [0.2, 0.25) is 0 Å². The lowest BCUT2D eigenvalue weighted by Gasteiger charge is -2.11. The Hall–Kier alpha value is -2.37. The minimum absolute atomic E-state index is 0.633. The number of nitrogens with zero attached hydrogens (tertiary/aromatic N) is 6. The molecule has 6 nitrogen and oxygen atoms in total. The standard InChI is InChI=1S/C15H16N6/c1-9-10(2)19-15-14(18-9)13(16-8-17-15)11-7-21-6-4-3-5-12(21)20-11/h7-8H,3-6H2,1-2H3. The Morgan fingerprint density at radius 2 is 1.86 bits per heavy atom. The number of aryl methyl sites for hydroxylation is 4. The molecule has 0 radical (unpaired) electrons. The van der Waals surface area contributed by atoms with E-state index in [1.807, 2.05) is 13.8 Å². The average molecular weight is 280 g/mol. The molecule has 0 saturated heterocycles. The molecule has 3 aromatic heterocycles. The number of fused-ring (bicyclic) bond motifs is 2. The number of aromatic nitrogens is 6. The molecule has 1 aliphatic rings. The van der Waals surface area contributed by atoms with E-state index in [0.29, 0.717) is 5.65 Å². The van der Waals surface area contributed by atoms with Crippen molar-refractivity contribution in [3.05, 3.63) is 29.7 Å². The summed E-state index contributed by atoms with van der Waals surface area (Å²) in [6, 6.07) is 0. The molecule has 4 rings (SSSR count). The number of hydrogen-bond donors (Lipinski definition) is 0. The summed E-state index contributed by atoms with van der Waals surface area (Å²) in [4.78, 5) is 22.5. The van der Waals surface area contributed by atoms with Crippen LogP contribution in [-0.4, -0.2) is 29.5 Å². The molecule has 6 heteroatoms. The van der Waals surface area contributed by atoms with Gasteiger partial charge in [-0.05, 0) is 26.7 Å². The molecule has 0 N–H and O–H groups in total. The molecule has 0 aromatic carbocycles. The number of imidazole rings is 1. The zero-order valence-electron chi connectivity index (χ0n) is 12.2. The van der Waals surface area contributed by atoms with Gasteiger partial charge in [0, 0.05) is 19.2 Å². The summed E-state index contributed by atoms with van der Waals surface area (Å²) in [7, 11) is 0. The fourth-order valence-corrected chi connectivity index (χ4v) is 2.76. The lowest BCUT2D eigenvalue weighted by Crippen LogP contribution is -2.08. The van der Waals surface area contributed by atoms with Gasteiger partial charge in [-0.1, -0.05) is 0 Å². The Balaban J connectivity index is 1.93. The van der Waals surface area contributed by atoms with E-state index in [9.17, 15) is 0 Å². The Labute approximate surface area is 122 Å². The molecule has 3 aromatic rings. The first-order valence-corrected chi connectivity index (χ1v) is 7.25. The fourth-order valence-electron chi connectivity index (χ4n) is 2.76. The van der Waals surface area contributed by atoms with E-state index < -0.39 is 0 Å². The maximum absolute atomic E-state index is 4.73. The summed E-state index contributed by atoms with van der Waals surface area (Å²) in [6.07, 6.45) is 7.07. The molecule has 0 saturated carbocycles. The van der Waals surface area contributed by atoms with Gasteiger partial charge in [-0.25, -0.2) is 24.9 Å². The number of rotatable bonds is 1. The summed E-state index contributed by atoms with van der Waals surface area (Å²) < 4.78 is 2.22. The molecular formula is C15H16N6. The Kier molecular flexibility index (Phi) is 2.70. The van der Waals surface area contributed by atoms with E-state index in [-0.39, 0.29) is 0 Å². The third kappa shape index (κ3) is 1.98. The Bertz CT molecular complexity index is 812. The first-order valence-electron chi connectivity index (χ1n) is 7.25. The van der Waals surface area contributed by atoms with Crippen LogP contribution in [0.4, 0.5) is 0 Å². The predicted octanol–water partition coefficient (Wildman–Crippen LogP) is 2.24. The largest absolute Gasteiger partial charge is 0.334 e. The highest BCUT2D eigenvalue weighted by atomic mass is 15.1. The predicted molar refractivity (Wildman–Crippen MR) is 78.8 cm³/mol. The lowest BCUT2D eigenvalue weighted by molar-refractivity contribution is 0.522. The SMILES string of the molecule is Cc1nc2ncnc(-c3cn4c(n3)CCCC4)c2nc1C. The van der Waals surface area contributed by atoms with Crippen LogP contribution in [0.3, 0.4) is 0 Å². The second-order valence-corrected chi connectivity index (χ2v) is 5.48. The minimum Gasteiger partial charge on any atom is -0.334 e. The molecule has 0 amide bonds. The van der Waals surface area contributed by atoms with Crippen molar-refractivity contribution >= 4 is 11.2 Å². The highest BCUT2D eigenvalue weighted by Crippen LogP contribution is 2.25. The molecule has 0 bridgehead atoms. The van der Waals surface area contributed by atoms with E-state index in [1.165, 1.54) is 12.8 Å². The van der Waals surface area contributed by atoms with Gasteiger partial charge < -0.3 is 4.57 Å². The van der Waals surface area contributed by atoms with E-state index in [1.54, 1.807) is 6.33 Å². The van der Waals surface area contributed by atoms with Crippen LogP contribution in [0, 0.1) is 13.8 Å². The first kappa shape index (κ1) is 12.4. The molecule has 0 unspecified atom stereocenters. The zero-order chi connectivity index (χ0) is 14.4. The van der Waals surface area contributed by atoms with Gasteiger partial charge in [-0.15, -0.1) is 0 Å². The van der Waals surface area contributed by atoms with Crippen molar-refractivity contribution in [2.24, 2.45) is 0 Å². The molecule has 21 heavy (non-hydrogen) atoms. The number of hydrogen-bond acceptors (Lipinski definition) is 5. The van der Waals surface area contributed by atoms with Crippen molar-refractivity contribution < 1.29 is 0 Å². The first-order chi connectivity index (χ1) is 10.2. The van der Waals surface area contributed by atoms with E-state index >= 15 is 0 Å². The second-order valence-electron chi connectivity index (χ2n) is 5.48. The van der Waals surface area contributed by atoms with Gasteiger partial charge in [0.25, 0.3) is 0 Å². The van der Waals surface area contributed by atoms with Crippen LogP contribution in [0.15, 0.2) is 12.5 Å². The van der Waals surface area contributed by atoms with Crippen LogP contribution in [0.1, 0.15) is 30.1 Å². The lowest BCUT2D eigenvalue weighted by atomic mass is 10.2. The Morgan fingerprint density at radius 3 is 2.71 bits per heavy atom. The molecule has 4 heterocycles. The van der Waals surface area contributed by atoms with Crippen LogP contribution < -0.4 is 0 Å². The van der Waals surface area contributed by atoms with Gasteiger partial charge in [0.05, 0.1) is 11.4 Å². The highest BCUT2D eigenvalue weighted by Gasteiger charge is 2.17. The summed E-state index contributed by atoms with van der Waals surface area (Å²) in [5.74, 6) is 1.14. The smallest absolute Gasteiger partial charge is 0.182 e. The van der Waals surface area contributed by atoms with E-state index in [2.05, 4.69) is 30.7 Å². The van der Waals surface area contributed by atoms with Crippen LogP contribution in [0.25, 0.3) is 22.6 Å². The second kappa shape index (κ2) is 4.58. The van der Waals surface area contributed by atoms with Gasteiger partial charge in [0.1, 0.15) is 29.1 Å². The third-order valence-electron chi connectivity index (χ3n) is 4.03. The van der Waals surface area contributed by atoms with Crippen LogP contribution >= 0.6 is 0 Å². The minimum atomic E-state index is 0.633. The highest BCUT2D eigenvalue weighted by molar-refractivity contribution is 5.85.